The zero-order valence-electron chi connectivity index (χ0n) is 5.95. The Morgan fingerprint density at radius 3 is 3.08 bits per heavy atom. The van der Waals surface area contributed by atoms with Crippen LogP contribution in [0.1, 0.15) is 10.5 Å². The Balaban J connectivity index is 2.54. The average molecular weight is 205 g/mol. The number of nitrogens with zero attached hydrogens (tertiary/aromatic N) is 2. The molecular weight excluding hydrogens is 200 g/mol. The molecular formula is C6H5ClN2O2S. The number of aromatic nitrogens is 2. The highest BCUT2D eigenvalue weighted by molar-refractivity contribution is 7.99. The Morgan fingerprint density at radius 1 is 1.75 bits per heavy atom. The van der Waals surface area contributed by atoms with Gasteiger partial charge in [0.05, 0.1) is 0 Å². The second-order valence-corrected chi connectivity index (χ2v) is 3.76. The van der Waals surface area contributed by atoms with Gasteiger partial charge < -0.3 is 9.67 Å². The van der Waals surface area contributed by atoms with Crippen LogP contribution in [-0.4, -0.2) is 26.4 Å². The van der Waals surface area contributed by atoms with E-state index in [1.165, 1.54) is 11.8 Å². The van der Waals surface area contributed by atoms with Gasteiger partial charge in [-0.1, -0.05) is 23.4 Å². The van der Waals surface area contributed by atoms with Crippen molar-refractivity contribution >= 4 is 29.3 Å². The molecule has 0 atom stereocenters. The molecule has 0 bridgehead atoms. The lowest BCUT2D eigenvalue weighted by molar-refractivity contribution is 0.0691. The van der Waals surface area contributed by atoms with E-state index in [2.05, 4.69) is 4.98 Å². The third-order valence-corrected chi connectivity index (χ3v) is 2.96. The molecule has 1 aromatic heterocycles. The smallest absolute Gasteiger partial charge is 0.357 e. The van der Waals surface area contributed by atoms with E-state index in [9.17, 15) is 4.79 Å². The molecule has 4 nitrogen and oxygen atoms in total. The van der Waals surface area contributed by atoms with E-state index in [0.29, 0.717) is 5.16 Å². The first-order valence-electron chi connectivity index (χ1n) is 3.32. The van der Waals surface area contributed by atoms with Crippen molar-refractivity contribution in [1.29, 1.82) is 0 Å². The van der Waals surface area contributed by atoms with Gasteiger partial charge in [-0.3, -0.25) is 0 Å². The van der Waals surface area contributed by atoms with E-state index in [1.807, 2.05) is 0 Å². The van der Waals surface area contributed by atoms with Crippen molar-refractivity contribution in [3.63, 3.8) is 0 Å². The van der Waals surface area contributed by atoms with Crippen molar-refractivity contribution < 1.29 is 9.90 Å². The van der Waals surface area contributed by atoms with Crippen LogP contribution in [0.3, 0.4) is 0 Å². The number of halogens is 1. The number of imidazole rings is 1. The lowest BCUT2D eigenvalue weighted by Crippen LogP contribution is -1.99. The molecule has 0 aromatic carbocycles. The van der Waals surface area contributed by atoms with Crippen molar-refractivity contribution in [1.82, 2.24) is 9.55 Å². The van der Waals surface area contributed by atoms with Crippen molar-refractivity contribution in [2.45, 2.75) is 11.7 Å². The van der Waals surface area contributed by atoms with E-state index in [-0.39, 0.29) is 10.8 Å². The Morgan fingerprint density at radius 2 is 2.50 bits per heavy atom. The van der Waals surface area contributed by atoms with Crippen molar-refractivity contribution in [3.8, 4) is 0 Å². The summed E-state index contributed by atoms with van der Waals surface area (Å²) in [6, 6.07) is 0. The minimum absolute atomic E-state index is 0.0427. The summed E-state index contributed by atoms with van der Waals surface area (Å²) >= 11 is 7.30. The lowest BCUT2D eigenvalue weighted by atomic mass is 10.5. The van der Waals surface area contributed by atoms with Gasteiger partial charge in [0.2, 0.25) is 0 Å². The van der Waals surface area contributed by atoms with Gasteiger partial charge in [0.15, 0.2) is 10.9 Å². The summed E-state index contributed by atoms with van der Waals surface area (Å²) in [6.07, 6.45) is 0. The molecule has 0 radical (unpaired) electrons. The molecule has 0 amide bonds. The van der Waals surface area contributed by atoms with Gasteiger partial charge in [-0.15, -0.1) is 0 Å². The fourth-order valence-electron chi connectivity index (χ4n) is 1.08. The Hall–Kier alpha value is -0.680. The molecule has 12 heavy (non-hydrogen) atoms. The number of aromatic carboxylic acids is 1. The Bertz CT molecular complexity index is 350. The quantitative estimate of drug-likeness (QED) is 0.750. The molecule has 0 aliphatic carbocycles. The number of carboxylic acid groups (broad SMARTS) is 1. The average Bonchev–Trinajstić information content (AvgIpc) is 2.53. The van der Waals surface area contributed by atoms with E-state index < -0.39 is 5.97 Å². The molecule has 0 saturated carbocycles. The number of fused-ring (bicyclic) bond motifs is 1. The number of thioether (sulfide) groups is 1. The maximum atomic E-state index is 10.6. The van der Waals surface area contributed by atoms with E-state index in [4.69, 9.17) is 16.7 Å². The standard InChI is InChI=1S/C6H5ClN2O2S/c7-4-3(5(10)11)8-6-9(4)1-2-12-6/h1-2H2,(H,10,11). The van der Waals surface area contributed by atoms with Crippen LogP contribution in [0.15, 0.2) is 5.16 Å². The van der Waals surface area contributed by atoms with Crippen LogP contribution in [0.5, 0.6) is 0 Å². The van der Waals surface area contributed by atoms with Gasteiger partial charge in [0.1, 0.15) is 5.15 Å². The van der Waals surface area contributed by atoms with Crippen molar-refractivity contribution in [3.05, 3.63) is 10.8 Å². The summed E-state index contributed by atoms with van der Waals surface area (Å²) in [5, 5.41) is 9.60. The molecule has 0 spiro atoms. The maximum Gasteiger partial charge on any atom is 0.357 e. The van der Waals surface area contributed by atoms with Gasteiger partial charge in [0, 0.05) is 12.3 Å². The number of carbonyl (C=O) groups is 1. The fourth-order valence-corrected chi connectivity index (χ4v) is 2.37. The summed E-state index contributed by atoms with van der Waals surface area (Å²) in [5.74, 6) is -0.149. The predicted molar refractivity (Wildman–Crippen MR) is 44.9 cm³/mol. The van der Waals surface area contributed by atoms with Crippen molar-refractivity contribution in [2.24, 2.45) is 0 Å². The van der Waals surface area contributed by atoms with Gasteiger partial charge in [-0.2, -0.15) is 0 Å². The second kappa shape index (κ2) is 2.67. The Kier molecular flexibility index (Phi) is 1.77. The van der Waals surface area contributed by atoms with Crippen LogP contribution in [0, 0.1) is 0 Å². The number of carboxylic acids is 1. The molecule has 1 aromatic rings. The van der Waals surface area contributed by atoms with Crippen LogP contribution in [0.25, 0.3) is 0 Å². The van der Waals surface area contributed by atoms with E-state index in [0.717, 1.165) is 12.3 Å². The van der Waals surface area contributed by atoms with E-state index in [1.54, 1.807) is 4.57 Å². The SMILES string of the molecule is O=C(O)c1nc2n(c1Cl)CCS2. The molecule has 64 valence electrons. The topological polar surface area (TPSA) is 55.1 Å². The first-order valence-corrected chi connectivity index (χ1v) is 4.68. The lowest BCUT2D eigenvalue weighted by Gasteiger charge is -1.94. The maximum absolute atomic E-state index is 10.6. The van der Waals surface area contributed by atoms with Crippen LogP contribution in [-0.2, 0) is 6.54 Å². The zero-order chi connectivity index (χ0) is 8.72. The van der Waals surface area contributed by atoms with Crippen LogP contribution < -0.4 is 0 Å². The molecule has 6 heteroatoms. The van der Waals surface area contributed by atoms with Gasteiger partial charge in [-0.25, -0.2) is 9.78 Å². The minimum Gasteiger partial charge on any atom is -0.476 e. The first-order chi connectivity index (χ1) is 5.70. The predicted octanol–water partition coefficient (Wildman–Crippen LogP) is 1.34. The largest absolute Gasteiger partial charge is 0.476 e. The highest BCUT2D eigenvalue weighted by Gasteiger charge is 2.23. The van der Waals surface area contributed by atoms with E-state index >= 15 is 0 Å². The van der Waals surface area contributed by atoms with Gasteiger partial charge >= 0.3 is 5.97 Å². The molecule has 2 heterocycles. The second-order valence-electron chi connectivity index (χ2n) is 2.34. The highest BCUT2D eigenvalue weighted by atomic mass is 35.5. The third kappa shape index (κ3) is 1.01. The van der Waals surface area contributed by atoms with Crippen LogP contribution in [0.2, 0.25) is 5.15 Å². The molecule has 1 N–H and O–H groups in total. The van der Waals surface area contributed by atoms with Crippen LogP contribution >= 0.6 is 23.4 Å². The number of hydrogen-bond donors (Lipinski definition) is 1. The molecule has 0 fully saturated rings. The molecule has 0 saturated heterocycles. The van der Waals surface area contributed by atoms with Crippen LogP contribution in [0.4, 0.5) is 0 Å². The summed E-state index contributed by atoms with van der Waals surface area (Å²) in [5.41, 5.74) is -0.0427. The molecule has 1 aliphatic rings. The zero-order valence-corrected chi connectivity index (χ0v) is 7.52. The Labute approximate surface area is 77.5 Å². The highest BCUT2D eigenvalue weighted by Crippen LogP contribution is 2.30. The van der Waals surface area contributed by atoms with Gasteiger partial charge in [0.25, 0.3) is 0 Å². The number of hydrogen-bond acceptors (Lipinski definition) is 3. The molecule has 0 unspecified atom stereocenters. The monoisotopic (exact) mass is 204 g/mol. The summed E-state index contributed by atoms with van der Waals surface area (Å²) in [7, 11) is 0. The normalized spacial score (nSPS) is 14.8. The fraction of sp³-hybridized carbons (Fsp3) is 0.333. The van der Waals surface area contributed by atoms with Crippen molar-refractivity contribution in [2.75, 3.05) is 5.75 Å². The summed E-state index contributed by atoms with van der Waals surface area (Å²) in [6.45, 7) is 0.749. The number of rotatable bonds is 1. The summed E-state index contributed by atoms with van der Waals surface area (Å²) in [4.78, 5) is 14.4. The third-order valence-electron chi connectivity index (χ3n) is 1.62. The molecule has 2 rings (SSSR count). The minimum atomic E-state index is -1.07. The first kappa shape index (κ1) is 7.94. The summed E-state index contributed by atoms with van der Waals surface area (Å²) < 4.78 is 1.72. The molecule has 1 aliphatic heterocycles. The van der Waals surface area contributed by atoms with Gasteiger partial charge in [-0.05, 0) is 0 Å².